The second-order valence-electron chi connectivity index (χ2n) is 8.77. The summed E-state index contributed by atoms with van der Waals surface area (Å²) in [5.74, 6) is -0.127. The van der Waals surface area contributed by atoms with Crippen LogP contribution in [0.3, 0.4) is 0 Å². The van der Waals surface area contributed by atoms with Crippen molar-refractivity contribution in [3.8, 4) is 17.2 Å². The van der Waals surface area contributed by atoms with Gasteiger partial charge in [0.05, 0.1) is 28.9 Å². The van der Waals surface area contributed by atoms with Gasteiger partial charge < -0.3 is 19.3 Å². The quantitative estimate of drug-likeness (QED) is 0.232. The van der Waals surface area contributed by atoms with Gasteiger partial charge in [0.2, 0.25) is 0 Å². The number of carbonyl (C=O) groups is 2. The van der Waals surface area contributed by atoms with E-state index < -0.39 is 17.7 Å². The average molecular weight is 515 g/mol. The Bertz CT molecular complexity index is 1610. The van der Waals surface area contributed by atoms with Crippen molar-refractivity contribution in [3.05, 3.63) is 82.9 Å². The van der Waals surface area contributed by atoms with Gasteiger partial charge in [0, 0.05) is 5.56 Å². The topological polar surface area (TPSA) is 98.2 Å². The largest absolute Gasteiger partial charge is 0.507 e. The lowest BCUT2D eigenvalue weighted by atomic mass is 9.94. The van der Waals surface area contributed by atoms with Crippen LogP contribution in [0.5, 0.6) is 17.2 Å². The number of benzene rings is 3. The third-order valence-corrected chi connectivity index (χ3v) is 7.43. The number of aliphatic hydroxyl groups is 1. The first kappa shape index (κ1) is 23.1. The van der Waals surface area contributed by atoms with Crippen LogP contribution in [-0.2, 0) is 9.59 Å². The first-order chi connectivity index (χ1) is 17.9. The molecule has 1 N–H and O–H groups in total. The van der Waals surface area contributed by atoms with Crippen molar-refractivity contribution >= 4 is 44.1 Å². The molecular formula is C28H22N2O6S. The van der Waals surface area contributed by atoms with Gasteiger partial charge in [0.15, 0.2) is 16.6 Å². The van der Waals surface area contributed by atoms with Crippen molar-refractivity contribution < 1.29 is 28.9 Å². The number of carbonyl (C=O) groups excluding carboxylic acids is 2. The summed E-state index contributed by atoms with van der Waals surface area (Å²) in [5.41, 5.74) is 2.67. The Hall–Kier alpha value is -4.37. The molecule has 0 bridgehead atoms. The highest BCUT2D eigenvalue weighted by Crippen LogP contribution is 2.45. The summed E-state index contributed by atoms with van der Waals surface area (Å²) in [7, 11) is 1.58. The zero-order chi connectivity index (χ0) is 25.7. The van der Waals surface area contributed by atoms with Gasteiger partial charge in [-0.15, -0.1) is 0 Å². The van der Waals surface area contributed by atoms with Crippen molar-refractivity contribution in [2.45, 2.75) is 13.0 Å². The number of aryl methyl sites for hydroxylation is 1. The van der Waals surface area contributed by atoms with Crippen LogP contribution in [0.1, 0.15) is 22.7 Å². The van der Waals surface area contributed by atoms with Gasteiger partial charge >= 0.3 is 5.91 Å². The van der Waals surface area contributed by atoms with Gasteiger partial charge in [-0.25, -0.2) is 4.98 Å². The number of aliphatic hydroxyl groups excluding tert-OH is 1. The molecule has 2 aliphatic heterocycles. The molecule has 1 fully saturated rings. The summed E-state index contributed by atoms with van der Waals surface area (Å²) in [6.07, 6.45) is 0. The zero-order valence-corrected chi connectivity index (χ0v) is 20.9. The number of hydrogen-bond donors (Lipinski definition) is 1. The first-order valence-electron chi connectivity index (χ1n) is 11.7. The van der Waals surface area contributed by atoms with Crippen LogP contribution in [0.4, 0.5) is 5.13 Å². The molecule has 0 saturated carbocycles. The second kappa shape index (κ2) is 8.94. The first-order valence-corrected chi connectivity index (χ1v) is 12.5. The van der Waals surface area contributed by atoms with Crippen LogP contribution in [0.25, 0.3) is 16.0 Å². The van der Waals surface area contributed by atoms with E-state index in [4.69, 9.17) is 14.2 Å². The van der Waals surface area contributed by atoms with Crippen LogP contribution in [-0.4, -0.2) is 42.1 Å². The fraction of sp³-hybridized carbons (Fsp3) is 0.179. The molecule has 1 unspecified atom stereocenters. The molecule has 3 aromatic carbocycles. The number of methoxy groups -OCH3 is 1. The lowest BCUT2D eigenvalue weighted by Gasteiger charge is -2.23. The number of Topliss-reactive ketones (excluding diaryl/α,β-unsaturated/α-hetero) is 1. The third-order valence-electron chi connectivity index (χ3n) is 6.41. The Kier molecular flexibility index (Phi) is 5.57. The molecule has 1 saturated heterocycles. The number of aromatic nitrogens is 1. The molecule has 9 heteroatoms. The molecule has 1 aromatic heterocycles. The summed E-state index contributed by atoms with van der Waals surface area (Å²) in [6, 6.07) is 17.0. The summed E-state index contributed by atoms with van der Waals surface area (Å²) in [4.78, 5) is 33.0. The highest BCUT2D eigenvalue weighted by molar-refractivity contribution is 7.22. The minimum absolute atomic E-state index is 0.0101. The Morgan fingerprint density at radius 3 is 2.65 bits per heavy atom. The Labute approximate surface area is 216 Å². The molecule has 2 aliphatic rings. The highest BCUT2D eigenvalue weighted by atomic mass is 32.1. The van der Waals surface area contributed by atoms with E-state index in [-0.39, 0.29) is 11.3 Å². The Balaban J connectivity index is 1.53. The van der Waals surface area contributed by atoms with Gasteiger partial charge in [-0.3, -0.25) is 14.5 Å². The van der Waals surface area contributed by atoms with E-state index in [0.717, 1.165) is 10.3 Å². The van der Waals surface area contributed by atoms with E-state index in [9.17, 15) is 14.7 Å². The lowest BCUT2D eigenvalue weighted by molar-refractivity contribution is -0.132. The van der Waals surface area contributed by atoms with E-state index in [0.29, 0.717) is 52.2 Å². The fourth-order valence-electron chi connectivity index (χ4n) is 4.65. The summed E-state index contributed by atoms with van der Waals surface area (Å²) < 4.78 is 17.4. The van der Waals surface area contributed by atoms with E-state index in [1.54, 1.807) is 31.4 Å². The van der Waals surface area contributed by atoms with Crippen molar-refractivity contribution in [3.63, 3.8) is 0 Å². The zero-order valence-electron chi connectivity index (χ0n) is 20.1. The van der Waals surface area contributed by atoms with Gasteiger partial charge in [0.25, 0.3) is 5.78 Å². The van der Waals surface area contributed by atoms with Crippen molar-refractivity contribution in [1.29, 1.82) is 0 Å². The molecule has 3 heterocycles. The number of rotatable bonds is 4. The molecule has 0 radical (unpaired) electrons. The van der Waals surface area contributed by atoms with Gasteiger partial charge in [-0.2, -0.15) is 0 Å². The lowest BCUT2D eigenvalue weighted by Crippen LogP contribution is -2.29. The van der Waals surface area contributed by atoms with Gasteiger partial charge in [-0.05, 0) is 48.9 Å². The monoisotopic (exact) mass is 514 g/mol. The Morgan fingerprint density at radius 1 is 1.05 bits per heavy atom. The van der Waals surface area contributed by atoms with Crippen molar-refractivity contribution in [2.24, 2.45) is 0 Å². The average Bonchev–Trinajstić information content (AvgIpc) is 3.45. The SMILES string of the molecule is COc1ccc2nc(N3C(=O)C(=O)/C(=C(/O)c4ccc5c(c4)OCCO5)C3c3cccc(C)c3)sc2c1. The fourth-order valence-corrected chi connectivity index (χ4v) is 5.68. The molecule has 37 heavy (non-hydrogen) atoms. The molecule has 1 amide bonds. The maximum atomic E-state index is 13.5. The second-order valence-corrected chi connectivity index (χ2v) is 9.78. The normalized spacial score (nSPS) is 18.4. The number of amides is 1. The van der Waals surface area contributed by atoms with Crippen LogP contribution < -0.4 is 19.1 Å². The minimum atomic E-state index is -0.865. The summed E-state index contributed by atoms with van der Waals surface area (Å²) >= 11 is 1.28. The predicted octanol–water partition coefficient (Wildman–Crippen LogP) is 5.01. The molecule has 8 nitrogen and oxygen atoms in total. The molecule has 6 rings (SSSR count). The van der Waals surface area contributed by atoms with E-state index in [1.807, 2.05) is 43.3 Å². The van der Waals surface area contributed by atoms with Gasteiger partial charge in [0.1, 0.15) is 24.7 Å². The maximum Gasteiger partial charge on any atom is 0.301 e. The number of thiazole rings is 1. The summed E-state index contributed by atoms with van der Waals surface area (Å²) in [6.45, 7) is 2.75. The van der Waals surface area contributed by atoms with E-state index >= 15 is 0 Å². The molecular weight excluding hydrogens is 492 g/mol. The van der Waals surface area contributed by atoms with E-state index in [2.05, 4.69) is 4.98 Å². The van der Waals surface area contributed by atoms with Crippen molar-refractivity contribution in [1.82, 2.24) is 4.98 Å². The van der Waals surface area contributed by atoms with Crippen LogP contribution >= 0.6 is 11.3 Å². The smallest absolute Gasteiger partial charge is 0.301 e. The standard InChI is InChI=1S/C28H22N2O6S/c1-15-4-3-5-16(12-15)24-23(25(31)17-6-9-20-21(13-17)36-11-10-35-20)26(32)27(33)30(24)28-29-19-8-7-18(34-2)14-22(19)37-28/h3-9,12-14,24,31H,10-11H2,1-2H3/b25-23+. The number of hydrogen-bond acceptors (Lipinski definition) is 8. The van der Waals surface area contributed by atoms with Crippen molar-refractivity contribution in [2.75, 3.05) is 25.2 Å². The number of fused-ring (bicyclic) bond motifs is 2. The molecule has 4 aromatic rings. The molecule has 186 valence electrons. The van der Waals surface area contributed by atoms with Crippen LogP contribution in [0, 0.1) is 6.92 Å². The number of ether oxygens (including phenoxy) is 3. The highest BCUT2D eigenvalue weighted by Gasteiger charge is 2.48. The summed E-state index contributed by atoms with van der Waals surface area (Å²) in [5, 5.41) is 11.8. The van der Waals surface area contributed by atoms with Gasteiger partial charge in [-0.1, -0.05) is 41.2 Å². The minimum Gasteiger partial charge on any atom is -0.507 e. The van der Waals surface area contributed by atoms with E-state index in [1.165, 1.54) is 16.2 Å². The number of ketones is 1. The Morgan fingerprint density at radius 2 is 1.86 bits per heavy atom. The maximum absolute atomic E-state index is 13.5. The predicted molar refractivity (Wildman–Crippen MR) is 140 cm³/mol. The number of nitrogens with zero attached hydrogens (tertiary/aromatic N) is 2. The van der Waals surface area contributed by atoms with Crippen LogP contribution in [0.15, 0.2) is 66.2 Å². The molecule has 1 atom stereocenters. The van der Waals surface area contributed by atoms with Crippen LogP contribution in [0.2, 0.25) is 0 Å². The third kappa shape index (κ3) is 3.88. The molecule has 0 spiro atoms. The molecule has 0 aliphatic carbocycles. The number of anilines is 1.